The minimum atomic E-state index is -0.301. The standard InChI is InChI=1S/C29H31N5O3/c1-20-3-6-24(17-26(20)33-28(36)25-9-10-27(32-19-25)31-13-2-16-35)29(37)34-14-11-23(12-15-34)22-7-4-21(18-30)5-8-22/h3-10,17,19,23,35H,2,11-16H2,1H3,(H,31,32)(H,33,36). The zero-order valence-corrected chi connectivity index (χ0v) is 20.9. The monoisotopic (exact) mass is 497 g/mol. The van der Waals surface area contributed by atoms with Crippen molar-refractivity contribution < 1.29 is 14.7 Å². The van der Waals surface area contributed by atoms with Crippen LogP contribution in [0.25, 0.3) is 0 Å². The van der Waals surface area contributed by atoms with Gasteiger partial charge < -0.3 is 20.6 Å². The number of anilines is 2. The molecule has 1 fully saturated rings. The van der Waals surface area contributed by atoms with Gasteiger partial charge in [0.1, 0.15) is 5.82 Å². The molecular formula is C29H31N5O3. The first-order chi connectivity index (χ1) is 18.0. The minimum absolute atomic E-state index is 0.0475. The van der Waals surface area contributed by atoms with E-state index >= 15 is 0 Å². The smallest absolute Gasteiger partial charge is 0.257 e. The summed E-state index contributed by atoms with van der Waals surface area (Å²) in [7, 11) is 0. The van der Waals surface area contributed by atoms with Crippen LogP contribution in [0.3, 0.4) is 0 Å². The number of nitrogens with zero attached hydrogens (tertiary/aromatic N) is 3. The normalized spacial score (nSPS) is 13.6. The van der Waals surface area contributed by atoms with Gasteiger partial charge in [-0.1, -0.05) is 18.2 Å². The lowest BCUT2D eigenvalue weighted by molar-refractivity contribution is 0.0712. The van der Waals surface area contributed by atoms with E-state index in [4.69, 9.17) is 10.4 Å². The Morgan fingerprint density at radius 3 is 2.46 bits per heavy atom. The Morgan fingerprint density at radius 2 is 1.81 bits per heavy atom. The fourth-order valence-electron chi connectivity index (χ4n) is 4.44. The number of nitriles is 1. The maximum absolute atomic E-state index is 13.2. The molecule has 0 bridgehead atoms. The number of hydrogen-bond donors (Lipinski definition) is 3. The summed E-state index contributed by atoms with van der Waals surface area (Å²) >= 11 is 0. The summed E-state index contributed by atoms with van der Waals surface area (Å²) in [4.78, 5) is 32.2. The molecule has 0 aliphatic carbocycles. The van der Waals surface area contributed by atoms with Crippen molar-refractivity contribution in [1.29, 1.82) is 5.26 Å². The number of carbonyl (C=O) groups excluding carboxylic acids is 2. The summed E-state index contributed by atoms with van der Waals surface area (Å²) in [6.07, 6.45) is 3.85. The van der Waals surface area contributed by atoms with Crippen molar-refractivity contribution in [2.75, 3.05) is 36.9 Å². The third-order valence-electron chi connectivity index (χ3n) is 6.69. The molecule has 8 nitrogen and oxygen atoms in total. The lowest BCUT2D eigenvalue weighted by Crippen LogP contribution is -2.38. The summed E-state index contributed by atoms with van der Waals surface area (Å²) in [5.41, 5.74) is 4.26. The van der Waals surface area contributed by atoms with Gasteiger partial charge in [0.15, 0.2) is 0 Å². The Labute approximate surface area is 217 Å². The van der Waals surface area contributed by atoms with E-state index in [-0.39, 0.29) is 18.4 Å². The summed E-state index contributed by atoms with van der Waals surface area (Å²) < 4.78 is 0. The molecule has 1 saturated heterocycles. The second-order valence-corrected chi connectivity index (χ2v) is 9.22. The van der Waals surface area contributed by atoms with E-state index in [2.05, 4.69) is 21.7 Å². The number of carbonyl (C=O) groups is 2. The van der Waals surface area contributed by atoms with Crippen LogP contribution in [0.1, 0.15) is 62.6 Å². The van der Waals surface area contributed by atoms with Crippen molar-refractivity contribution in [3.63, 3.8) is 0 Å². The molecule has 2 aromatic carbocycles. The van der Waals surface area contributed by atoms with Crippen molar-refractivity contribution in [2.24, 2.45) is 0 Å². The van der Waals surface area contributed by atoms with Crippen molar-refractivity contribution in [3.8, 4) is 6.07 Å². The Morgan fingerprint density at radius 1 is 1.08 bits per heavy atom. The van der Waals surface area contributed by atoms with Gasteiger partial charge in [-0.05, 0) is 79.6 Å². The summed E-state index contributed by atoms with van der Waals surface area (Å²) in [6, 6.07) is 18.6. The zero-order chi connectivity index (χ0) is 26.2. The van der Waals surface area contributed by atoms with E-state index in [1.165, 1.54) is 11.8 Å². The molecule has 4 rings (SSSR count). The fraction of sp³-hybridized carbons (Fsp3) is 0.310. The number of aliphatic hydroxyl groups is 1. The molecule has 0 unspecified atom stereocenters. The van der Waals surface area contributed by atoms with Gasteiger partial charge in [0, 0.05) is 43.7 Å². The predicted octanol–water partition coefficient (Wildman–Crippen LogP) is 4.33. The van der Waals surface area contributed by atoms with E-state index < -0.39 is 0 Å². The lowest BCUT2D eigenvalue weighted by atomic mass is 9.89. The minimum Gasteiger partial charge on any atom is -0.396 e. The number of likely N-dealkylation sites (tertiary alicyclic amines) is 1. The first kappa shape index (κ1) is 25.9. The van der Waals surface area contributed by atoms with Gasteiger partial charge in [0.05, 0.1) is 17.2 Å². The Kier molecular flexibility index (Phi) is 8.49. The number of benzene rings is 2. The molecule has 3 aromatic rings. The number of hydrogen-bond acceptors (Lipinski definition) is 6. The highest BCUT2D eigenvalue weighted by Gasteiger charge is 2.25. The number of aliphatic hydroxyl groups excluding tert-OH is 1. The Bertz CT molecular complexity index is 1270. The van der Waals surface area contributed by atoms with Crippen molar-refractivity contribution in [1.82, 2.24) is 9.88 Å². The van der Waals surface area contributed by atoms with Crippen molar-refractivity contribution in [3.05, 3.63) is 88.6 Å². The molecule has 2 amide bonds. The van der Waals surface area contributed by atoms with Gasteiger partial charge in [0.2, 0.25) is 0 Å². The van der Waals surface area contributed by atoms with Gasteiger partial charge in [-0.15, -0.1) is 0 Å². The van der Waals surface area contributed by atoms with Crippen LogP contribution in [-0.4, -0.2) is 53.0 Å². The maximum Gasteiger partial charge on any atom is 0.257 e. The highest BCUT2D eigenvalue weighted by Crippen LogP contribution is 2.29. The average Bonchev–Trinajstić information content (AvgIpc) is 2.94. The number of amides is 2. The summed E-state index contributed by atoms with van der Waals surface area (Å²) in [5.74, 6) is 0.658. The van der Waals surface area contributed by atoms with E-state index in [1.807, 2.05) is 42.2 Å². The fourth-order valence-corrected chi connectivity index (χ4v) is 4.44. The van der Waals surface area contributed by atoms with Gasteiger partial charge in [0.25, 0.3) is 11.8 Å². The van der Waals surface area contributed by atoms with E-state index in [1.54, 1.807) is 24.3 Å². The Hall–Kier alpha value is -4.22. The molecule has 1 aromatic heterocycles. The van der Waals surface area contributed by atoms with Crippen LogP contribution in [-0.2, 0) is 0 Å². The second kappa shape index (κ2) is 12.2. The SMILES string of the molecule is Cc1ccc(C(=O)N2CCC(c3ccc(C#N)cc3)CC2)cc1NC(=O)c1ccc(NCCCO)nc1. The third kappa shape index (κ3) is 6.51. The topological polar surface area (TPSA) is 118 Å². The second-order valence-electron chi connectivity index (χ2n) is 9.22. The molecule has 2 heterocycles. The molecule has 1 aliphatic heterocycles. The largest absolute Gasteiger partial charge is 0.396 e. The van der Waals surface area contributed by atoms with Crippen LogP contribution < -0.4 is 10.6 Å². The summed E-state index contributed by atoms with van der Waals surface area (Å²) in [5, 5.41) is 23.9. The van der Waals surface area contributed by atoms with Crippen LogP contribution in [0.5, 0.6) is 0 Å². The first-order valence-corrected chi connectivity index (χ1v) is 12.5. The van der Waals surface area contributed by atoms with Crippen LogP contribution in [0.2, 0.25) is 0 Å². The number of piperidine rings is 1. The average molecular weight is 498 g/mol. The number of nitrogens with one attached hydrogen (secondary N) is 2. The zero-order valence-electron chi connectivity index (χ0n) is 20.9. The van der Waals surface area contributed by atoms with Gasteiger partial charge >= 0.3 is 0 Å². The maximum atomic E-state index is 13.2. The number of pyridine rings is 1. The molecule has 0 radical (unpaired) electrons. The molecule has 0 atom stereocenters. The number of rotatable bonds is 8. The quantitative estimate of drug-likeness (QED) is 0.399. The van der Waals surface area contributed by atoms with Crippen LogP contribution in [0.4, 0.5) is 11.5 Å². The molecule has 37 heavy (non-hydrogen) atoms. The van der Waals surface area contributed by atoms with E-state index in [0.717, 1.165) is 18.4 Å². The number of aryl methyl sites for hydroxylation is 1. The van der Waals surface area contributed by atoms with Gasteiger partial charge in [-0.25, -0.2) is 4.98 Å². The molecule has 0 saturated carbocycles. The van der Waals surface area contributed by atoms with Crippen molar-refractivity contribution in [2.45, 2.75) is 32.1 Å². The van der Waals surface area contributed by atoms with Crippen molar-refractivity contribution >= 4 is 23.3 Å². The highest BCUT2D eigenvalue weighted by atomic mass is 16.3. The highest BCUT2D eigenvalue weighted by molar-refractivity contribution is 6.05. The Balaban J connectivity index is 1.37. The molecule has 190 valence electrons. The third-order valence-corrected chi connectivity index (χ3v) is 6.69. The molecular weight excluding hydrogens is 466 g/mol. The lowest BCUT2D eigenvalue weighted by Gasteiger charge is -2.32. The molecule has 3 N–H and O–H groups in total. The van der Waals surface area contributed by atoms with Crippen LogP contribution >= 0.6 is 0 Å². The molecule has 1 aliphatic rings. The molecule has 0 spiro atoms. The van der Waals surface area contributed by atoms with Crippen LogP contribution in [0, 0.1) is 18.3 Å². The predicted molar refractivity (Wildman–Crippen MR) is 143 cm³/mol. The van der Waals surface area contributed by atoms with Crippen LogP contribution in [0.15, 0.2) is 60.8 Å². The van der Waals surface area contributed by atoms with Gasteiger partial charge in [-0.2, -0.15) is 5.26 Å². The van der Waals surface area contributed by atoms with Gasteiger partial charge in [-0.3, -0.25) is 9.59 Å². The number of aromatic nitrogens is 1. The summed E-state index contributed by atoms with van der Waals surface area (Å²) in [6.45, 7) is 3.90. The van der Waals surface area contributed by atoms with E-state index in [0.29, 0.717) is 60.2 Å². The first-order valence-electron chi connectivity index (χ1n) is 12.5. The molecule has 8 heteroatoms. The van der Waals surface area contributed by atoms with E-state index in [9.17, 15) is 9.59 Å².